The van der Waals surface area contributed by atoms with E-state index in [9.17, 15) is 9.90 Å². The van der Waals surface area contributed by atoms with Crippen LogP contribution >= 0.6 is 0 Å². The SMILES string of the molecule is CCOC(=O)C(C)C1(O)CCN(CCc2cccc(C)c2)CC1. The molecule has 1 unspecified atom stereocenters. The van der Waals surface area contributed by atoms with E-state index in [1.807, 2.05) is 0 Å². The summed E-state index contributed by atoms with van der Waals surface area (Å²) < 4.78 is 5.05. The molecule has 0 aromatic heterocycles. The summed E-state index contributed by atoms with van der Waals surface area (Å²) in [6, 6.07) is 8.60. The van der Waals surface area contributed by atoms with E-state index in [1.54, 1.807) is 13.8 Å². The average Bonchev–Trinajstić information content (AvgIpc) is 2.54. The van der Waals surface area contributed by atoms with Gasteiger partial charge in [-0.1, -0.05) is 29.8 Å². The molecule has 128 valence electrons. The van der Waals surface area contributed by atoms with Crippen molar-refractivity contribution in [2.24, 2.45) is 5.92 Å². The predicted molar refractivity (Wildman–Crippen MR) is 91.3 cm³/mol. The van der Waals surface area contributed by atoms with Crippen molar-refractivity contribution in [1.29, 1.82) is 0 Å². The van der Waals surface area contributed by atoms with E-state index in [1.165, 1.54) is 11.1 Å². The third-order valence-electron chi connectivity index (χ3n) is 4.97. The summed E-state index contributed by atoms with van der Waals surface area (Å²) in [5, 5.41) is 10.7. The highest BCUT2D eigenvalue weighted by Gasteiger charge is 2.41. The van der Waals surface area contributed by atoms with Gasteiger partial charge in [-0.2, -0.15) is 0 Å². The number of likely N-dealkylation sites (tertiary alicyclic amines) is 1. The number of carbonyl (C=O) groups excluding carboxylic acids is 1. The fraction of sp³-hybridized carbons (Fsp3) is 0.632. The molecule has 0 amide bonds. The molecule has 1 heterocycles. The smallest absolute Gasteiger partial charge is 0.311 e. The molecular weight excluding hydrogens is 290 g/mol. The molecule has 0 bridgehead atoms. The van der Waals surface area contributed by atoms with Gasteiger partial charge in [0, 0.05) is 19.6 Å². The quantitative estimate of drug-likeness (QED) is 0.819. The molecule has 0 aliphatic carbocycles. The third-order valence-corrected chi connectivity index (χ3v) is 4.97. The van der Waals surface area contributed by atoms with Crippen LogP contribution in [0, 0.1) is 12.8 Å². The zero-order valence-electron chi connectivity index (χ0n) is 14.5. The molecule has 4 nitrogen and oxygen atoms in total. The first kappa shape index (κ1) is 18.0. The number of aryl methyl sites for hydroxylation is 1. The molecule has 1 N–H and O–H groups in total. The van der Waals surface area contributed by atoms with Crippen LogP contribution in [-0.2, 0) is 16.0 Å². The van der Waals surface area contributed by atoms with Crippen LogP contribution in [-0.4, -0.2) is 47.8 Å². The highest BCUT2D eigenvalue weighted by atomic mass is 16.5. The number of esters is 1. The number of ether oxygens (including phenoxy) is 1. The Morgan fingerprint density at radius 2 is 2.09 bits per heavy atom. The van der Waals surface area contributed by atoms with Crippen LogP contribution in [0.2, 0.25) is 0 Å². The Bertz CT molecular complexity index is 521. The Labute approximate surface area is 139 Å². The maximum atomic E-state index is 11.9. The molecule has 1 aromatic carbocycles. The normalized spacial score (nSPS) is 19.3. The monoisotopic (exact) mass is 319 g/mol. The fourth-order valence-electron chi connectivity index (χ4n) is 3.24. The van der Waals surface area contributed by atoms with Crippen molar-refractivity contribution in [3.8, 4) is 0 Å². The summed E-state index contributed by atoms with van der Waals surface area (Å²) in [7, 11) is 0. The lowest BCUT2D eigenvalue weighted by molar-refractivity contribution is -0.160. The Balaban J connectivity index is 1.82. The van der Waals surface area contributed by atoms with Gasteiger partial charge in [0.1, 0.15) is 0 Å². The lowest BCUT2D eigenvalue weighted by Gasteiger charge is -2.40. The molecular formula is C19H29NO3. The molecule has 1 aromatic rings. The van der Waals surface area contributed by atoms with Gasteiger partial charge < -0.3 is 14.7 Å². The maximum Gasteiger partial charge on any atom is 0.311 e. The Hall–Kier alpha value is -1.39. The van der Waals surface area contributed by atoms with Crippen LogP contribution in [0.5, 0.6) is 0 Å². The minimum absolute atomic E-state index is 0.289. The number of carbonyl (C=O) groups is 1. The van der Waals surface area contributed by atoms with Crippen molar-refractivity contribution in [2.45, 2.75) is 45.6 Å². The van der Waals surface area contributed by atoms with Crippen LogP contribution in [0.1, 0.15) is 37.8 Å². The van der Waals surface area contributed by atoms with Gasteiger partial charge in [0.2, 0.25) is 0 Å². The molecule has 23 heavy (non-hydrogen) atoms. The lowest BCUT2D eigenvalue weighted by atomic mass is 9.80. The van der Waals surface area contributed by atoms with Gasteiger partial charge >= 0.3 is 5.97 Å². The largest absolute Gasteiger partial charge is 0.466 e. The summed E-state index contributed by atoms with van der Waals surface area (Å²) in [6.07, 6.45) is 2.27. The molecule has 0 radical (unpaired) electrons. The molecule has 0 spiro atoms. The van der Waals surface area contributed by atoms with Crippen LogP contribution in [0.25, 0.3) is 0 Å². The number of hydrogen-bond acceptors (Lipinski definition) is 4. The minimum atomic E-state index is -0.925. The summed E-state index contributed by atoms with van der Waals surface area (Å²) >= 11 is 0. The van der Waals surface area contributed by atoms with E-state index in [0.717, 1.165) is 26.1 Å². The van der Waals surface area contributed by atoms with Gasteiger partial charge in [0.05, 0.1) is 18.1 Å². The van der Waals surface area contributed by atoms with E-state index in [0.29, 0.717) is 19.4 Å². The first-order valence-electron chi connectivity index (χ1n) is 8.61. The molecule has 1 atom stereocenters. The molecule has 2 rings (SSSR count). The van der Waals surface area contributed by atoms with E-state index < -0.39 is 11.5 Å². The maximum absolute atomic E-state index is 11.9. The number of piperidine rings is 1. The summed E-state index contributed by atoms with van der Waals surface area (Å²) in [5.74, 6) is -0.746. The number of rotatable bonds is 6. The van der Waals surface area contributed by atoms with Crippen molar-refractivity contribution >= 4 is 5.97 Å². The molecule has 1 aliphatic heterocycles. The first-order valence-corrected chi connectivity index (χ1v) is 8.61. The van der Waals surface area contributed by atoms with Crippen LogP contribution < -0.4 is 0 Å². The molecule has 1 fully saturated rings. The topological polar surface area (TPSA) is 49.8 Å². The standard InChI is InChI=1S/C19H29NO3/c1-4-23-18(21)16(3)19(22)9-12-20(13-10-19)11-8-17-7-5-6-15(2)14-17/h5-7,14,16,22H,4,8-13H2,1-3H3. The average molecular weight is 319 g/mol. The Morgan fingerprint density at radius 3 is 2.70 bits per heavy atom. The zero-order valence-corrected chi connectivity index (χ0v) is 14.5. The number of hydrogen-bond donors (Lipinski definition) is 1. The first-order chi connectivity index (χ1) is 10.9. The zero-order chi connectivity index (χ0) is 16.9. The van der Waals surface area contributed by atoms with Crippen molar-refractivity contribution in [2.75, 3.05) is 26.2 Å². The second kappa shape index (κ2) is 7.93. The number of aliphatic hydroxyl groups is 1. The van der Waals surface area contributed by atoms with Gasteiger partial charge in [0.15, 0.2) is 0 Å². The molecule has 4 heteroatoms. The second-order valence-electron chi connectivity index (χ2n) is 6.66. The Morgan fingerprint density at radius 1 is 1.39 bits per heavy atom. The van der Waals surface area contributed by atoms with Crippen LogP contribution in [0.3, 0.4) is 0 Å². The lowest BCUT2D eigenvalue weighted by Crippen LogP contribution is -2.50. The Kier molecular flexibility index (Phi) is 6.19. The van der Waals surface area contributed by atoms with E-state index >= 15 is 0 Å². The summed E-state index contributed by atoms with van der Waals surface area (Å²) in [6.45, 7) is 8.69. The molecule has 1 aliphatic rings. The van der Waals surface area contributed by atoms with Crippen molar-refractivity contribution in [3.63, 3.8) is 0 Å². The minimum Gasteiger partial charge on any atom is -0.466 e. The van der Waals surface area contributed by atoms with Gasteiger partial charge in [-0.3, -0.25) is 4.79 Å². The van der Waals surface area contributed by atoms with Gasteiger partial charge in [-0.05, 0) is 45.6 Å². The highest BCUT2D eigenvalue weighted by Crippen LogP contribution is 2.30. The second-order valence-corrected chi connectivity index (χ2v) is 6.66. The van der Waals surface area contributed by atoms with Gasteiger partial charge in [0.25, 0.3) is 0 Å². The van der Waals surface area contributed by atoms with Gasteiger partial charge in [-0.25, -0.2) is 0 Å². The van der Waals surface area contributed by atoms with Crippen molar-refractivity contribution in [3.05, 3.63) is 35.4 Å². The van der Waals surface area contributed by atoms with Crippen molar-refractivity contribution < 1.29 is 14.6 Å². The van der Waals surface area contributed by atoms with E-state index in [4.69, 9.17) is 4.74 Å². The van der Waals surface area contributed by atoms with Crippen molar-refractivity contribution in [1.82, 2.24) is 4.90 Å². The van der Waals surface area contributed by atoms with Gasteiger partial charge in [-0.15, -0.1) is 0 Å². The van der Waals surface area contributed by atoms with Crippen LogP contribution in [0.15, 0.2) is 24.3 Å². The predicted octanol–water partition coefficient (Wildman–Crippen LogP) is 2.56. The van der Waals surface area contributed by atoms with E-state index in [-0.39, 0.29) is 5.97 Å². The summed E-state index contributed by atoms with van der Waals surface area (Å²) in [5.41, 5.74) is 1.72. The molecule has 0 saturated carbocycles. The third kappa shape index (κ3) is 4.79. The number of benzene rings is 1. The molecule has 1 saturated heterocycles. The fourth-order valence-corrected chi connectivity index (χ4v) is 3.24. The van der Waals surface area contributed by atoms with E-state index in [2.05, 4.69) is 36.1 Å². The number of nitrogens with zero attached hydrogens (tertiary/aromatic N) is 1. The van der Waals surface area contributed by atoms with Crippen LogP contribution in [0.4, 0.5) is 0 Å². The summed E-state index contributed by atoms with van der Waals surface area (Å²) in [4.78, 5) is 14.2. The highest BCUT2D eigenvalue weighted by molar-refractivity contribution is 5.73.